The number of rotatable bonds is 10. The molecule has 3 N–H and O–H groups in total. The Kier molecular flexibility index (Phi) is 9.71. The number of hydrogen-bond donors (Lipinski definition) is 3. The van der Waals surface area contributed by atoms with Crippen molar-refractivity contribution in [2.75, 3.05) is 5.32 Å². The topological polar surface area (TPSA) is 138 Å². The van der Waals surface area contributed by atoms with Crippen LogP contribution in [0.1, 0.15) is 77.5 Å². The van der Waals surface area contributed by atoms with Gasteiger partial charge in [0.25, 0.3) is 11.8 Å². The van der Waals surface area contributed by atoms with Crippen LogP contribution in [0.25, 0.3) is 21.7 Å². The van der Waals surface area contributed by atoms with Gasteiger partial charge < -0.3 is 19.6 Å². The first-order valence-electron chi connectivity index (χ1n) is 14.9. The standard InChI is InChI=1S/C34H43N7O3S/c1-21(33(5,6)7)37-17-22-10-11-25-24(14-22)38-31(39-30(43)28-13-12-27(45-28)26-18-36-20-44-26)41(25)19-34(8,9)40-29(42)23(16-35)15-32(2,3)4/h10-15,18,20-21,37H,17,19H2,1-9H3,(H,40,42)(H,38,39,43)/b23-15+/t21-/m0/s1. The molecule has 0 spiro atoms. The molecule has 0 saturated carbocycles. The van der Waals surface area contributed by atoms with Crippen LogP contribution in [-0.4, -0.2) is 37.9 Å². The number of oxazole rings is 1. The summed E-state index contributed by atoms with van der Waals surface area (Å²) in [6.07, 6.45) is 4.62. The minimum Gasteiger partial charge on any atom is -0.443 e. The number of anilines is 1. The number of carbonyl (C=O) groups is 2. The fourth-order valence-electron chi connectivity index (χ4n) is 4.60. The lowest BCUT2D eigenvalue weighted by Crippen LogP contribution is -2.47. The van der Waals surface area contributed by atoms with Gasteiger partial charge in [-0.05, 0) is 61.4 Å². The first-order chi connectivity index (χ1) is 21.0. The van der Waals surface area contributed by atoms with Crippen LogP contribution in [0, 0.1) is 22.2 Å². The zero-order valence-corrected chi connectivity index (χ0v) is 28.3. The molecule has 0 aliphatic heterocycles. The SMILES string of the molecule is C[C@H](NCc1ccc2c(c1)nc(NC(=O)c1ccc(-c3cnco3)s1)n2CC(C)(C)NC(=O)/C(C#N)=C/C(C)(C)C)C(C)(C)C. The van der Waals surface area contributed by atoms with Gasteiger partial charge in [0.15, 0.2) is 12.2 Å². The summed E-state index contributed by atoms with van der Waals surface area (Å²) in [6.45, 7) is 19.3. The molecule has 3 aromatic heterocycles. The van der Waals surface area contributed by atoms with Gasteiger partial charge in [-0.25, -0.2) is 9.97 Å². The number of thiophene rings is 1. The van der Waals surface area contributed by atoms with E-state index in [4.69, 9.17) is 9.40 Å². The molecule has 45 heavy (non-hydrogen) atoms. The zero-order valence-electron chi connectivity index (χ0n) is 27.5. The molecule has 1 aromatic carbocycles. The molecule has 1 atom stereocenters. The summed E-state index contributed by atoms with van der Waals surface area (Å²) in [5.74, 6) is 0.172. The van der Waals surface area contributed by atoms with E-state index in [-0.39, 0.29) is 28.9 Å². The number of carbonyl (C=O) groups excluding carboxylic acids is 2. The average Bonchev–Trinajstić information content (AvgIpc) is 3.69. The van der Waals surface area contributed by atoms with Gasteiger partial charge in [-0.1, -0.05) is 53.7 Å². The number of nitriles is 1. The van der Waals surface area contributed by atoms with E-state index in [9.17, 15) is 14.9 Å². The Morgan fingerprint density at radius 1 is 1.11 bits per heavy atom. The highest BCUT2D eigenvalue weighted by Crippen LogP contribution is 2.30. The molecule has 0 aliphatic carbocycles. The van der Waals surface area contributed by atoms with Crippen LogP contribution >= 0.6 is 11.3 Å². The highest BCUT2D eigenvalue weighted by molar-refractivity contribution is 7.17. The van der Waals surface area contributed by atoms with Crippen LogP contribution in [0.5, 0.6) is 0 Å². The number of amides is 2. The molecule has 4 rings (SSSR count). The van der Waals surface area contributed by atoms with Crippen molar-refractivity contribution < 1.29 is 14.0 Å². The molecule has 2 amide bonds. The number of benzene rings is 1. The molecular weight excluding hydrogens is 586 g/mol. The van der Waals surface area contributed by atoms with Crippen LogP contribution in [-0.2, 0) is 17.9 Å². The van der Waals surface area contributed by atoms with Crippen LogP contribution in [0.15, 0.2) is 59.0 Å². The third-order valence-electron chi connectivity index (χ3n) is 7.40. The molecule has 0 bridgehead atoms. The number of imidazole rings is 1. The minimum atomic E-state index is -0.803. The van der Waals surface area contributed by atoms with Gasteiger partial charge in [0.05, 0.1) is 32.5 Å². The molecular formula is C34H43N7O3S. The normalized spacial score (nSPS) is 13.5. The summed E-state index contributed by atoms with van der Waals surface area (Å²) in [4.78, 5) is 36.6. The monoisotopic (exact) mass is 629 g/mol. The molecule has 238 valence electrons. The zero-order chi connectivity index (χ0) is 33.2. The van der Waals surface area contributed by atoms with E-state index in [0.29, 0.717) is 34.7 Å². The van der Waals surface area contributed by atoms with Crippen molar-refractivity contribution in [1.29, 1.82) is 5.26 Å². The lowest BCUT2D eigenvalue weighted by atomic mass is 9.88. The average molecular weight is 630 g/mol. The Morgan fingerprint density at radius 2 is 1.84 bits per heavy atom. The predicted molar refractivity (Wildman–Crippen MR) is 179 cm³/mol. The van der Waals surface area contributed by atoms with Gasteiger partial charge in [-0.2, -0.15) is 5.26 Å². The van der Waals surface area contributed by atoms with Gasteiger partial charge in [-0.15, -0.1) is 11.3 Å². The van der Waals surface area contributed by atoms with Gasteiger partial charge in [0.1, 0.15) is 11.6 Å². The second-order valence-electron chi connectivity index (χ2n) is 14.2. The van der Waals surface area contributed by atoms with Crippen molar-refractivity contribution in [1.82, 2.24) is 25.2 Å². The molecule has 3 heterocycles. The van der Waals surface area contributed by atoms with Crippen molar-refractivity contribution in [2.45, 2.75) is 87.0 Å². The molecule has 0 aliphatic rings. The predicted octanol–water partition coefficient (Wildman–Crippen LogP) is 6.92. The van der Waals surface area contributed by atoms with E-state index in [1.807, 2.05) is 69.5 Å². The van der Waals surface area contributed by atoms with Gasteiger partial charge in [0, 0.05) is 19.1 Å². The van der Waals surface area contributed by atoms with Crippen molar-refractivity contribution in [3.63, 3.8) is 0 Å². The third-order valence-corrected chi connectivity index (χ3v) is 8.50. The minimum absolute atomic E-state index is 0.0569. The number of hydrogen-bond acceptors (Lipinski definition) is 8. The second-order valence-corrected chi connectivity index (χ2v) is 15.3. The first kappa shape index (κ1) is 33.6. The highest BCUT2D eigenvalue weighted by Gasteiger charge is 2.27. The number of aromatic nitrogens is 3. The van der Waals surface area contributed by atoms with Gasteiger partial charge in [-0.3, -0.25) is 14.9 Å². The van der Waals surface area contributed by atoms with Crippen LogP contribution in [0.3, 0.4) is 0 Å². The van der Waals surface area contributed by atoms with Crippen molar-refractivity contribution in [3.8, 4) is 16.7 Å². The Bertz CT molecular complexity index is 1740. The largest absolute Gasteiger partial charge is 0.443 e. The van der Waals surface area contributed by atoms with E-state index >= 15 is 0 Å². The van der Waals surface area contributed by atoms with E-state index in [1.54, 1.807) is 18.3 Å². The summed E-state index contributed by atoms with van der Waals surface area (Å²) >= 11 is 1.29. The van der Waals surface area contributed by atoms with Crippen molar-refractivity contribution in [2.24, 2.45) is 10.8 Å². The summed E-state index contributed by atoms with van der Waals surface area (Å²) < 4.78 is 7.28. The van der Waals surface area contributed by atoms with Crippen molar-refractivity contribution >= 4 is 40.1 Å². The summed E-state index contributed by atoms with van der Waals surface area (Å²) in [6, 6.07) is 11.9. The fourth-order valence-corrected chi connectivity index (χ4v) is 5.46. The number of nitrogens with one attached hydrogen (secondary N) is 3. The summed E-state index contributed by atoms with van der Waals surface area (Å²) in [5.41, 5.74) is 1.62. The Labute approximate surface area is 268 Å². The Hall–Kier alpha value is -4.27. The van der Waals surface area contributed by atoms with Crippen molar-refractivity contribution in [3.05, 3.63) is 65.0 Å². The van der Waals surface area contributed by atoms with E-state index in [1.165, 1.54) is 17.7 Å². The smallest absolute Gasteiger partial charge is 0.268 e. The number of allylic oxidation sites excluding steroid dienone is 1. The Morgan fingerprint density at radius 3 is 2.47 bits per heavy atom. The van der Waals surface area contributed by atoms with E-state index in [2.05, 4.69) is 48.6 Å². The molecule has 0 radical (unpaired) electrons. The molecule has 0 fully saturated rings. The lowest BCUT2D eigenvalue weighted by Gasteiger charge is -2.28. The van der Waals surface area contributed by atoms with Crippen LogP contribution < -0.4 is 16.0 Å². The van der Waals surface area contributed by atoms with Crippen LogP contribution in [0.2, 0.25) is 0 Å². The lowest BCUT2D eigenvalue weighted by molar-refractivity contribution is -0.118. The van der Waals surface area contributed by atoms with Crippen LogP contribution in [0.4, 0.5) is 5.95 Å². The maximum atomic E-state index is 13.4. The highest BCUT2D eigenvalue weighted by atomic mass is 32.1. The summed E-state index contributed by atoms with van der Waals surface area (Å²) in [5, 5.41) is 19.2. The number of fused-ring (bicyclic) bond motifs is 1. The first-order valence-corrected chi connectivity index (χ1v) is 15.8. The second kappa shape index (κ2) is 13.0. The fraction of sp³-hybridized carbons (Fsp3) is 0.441. The molecule has 4 aromatic rings. The molecule has 0 unspecified atom stereocenters. The van der Waals surface area contributed by atoms with Gasteiger partial charge in [0.2, 0.25) is 5.95 Å². The molecule has 11 heteroatoms. The maximum Gasteiger partial charge on any atom is 0.268 e. The molecule has 10 nitrogen and oxygen atoms in total. The van der Waals surface area contributed by atoms with E-state index in [0.717, 1.165) is 16.0 Å². The molecule has 0 saturated heterocycles. The van der Waals surface area contributed by atoms with Gasteiger partial charge >= 0.3 is 0 Å². The Balaban J connectivity index is 1.65. The maximum absolute atomic E-state index is 13.4. The summed E-state index contributed by atoms with van der Waals surface area (Å²) in [7, 11) is 0. The number of nitrogens with zero attached hydrogens (tertiary/aromatic N) is 4. The quantitative estimate of drug-likeness (QED) is 0.128. The van der Waals surface area contributed by atoms with E-state index < -0.39 is 11.4 Å². The third kappa shape index (κ3) is 8.68.